The minimum Gasteiger partial charge on any atom is -0.284 e. The second-order valence-corrected chi connectivity index (χ2v) is 13.0. The molecule has 0 spiro atoms. The molecule has 2 aromatic heterocycles. The number of benzene rings is 7. The van der Waals surface area contributed by atoms with Crippen molar-refractivity contribution in [2.75, 3.05) is 0 Å². The number of imidazole rings is 1. The third-order valence-corrected chi connectivity index (χ3v) is 10.1. The van der Waals surface area contributed by atoms with Gasteiger partial charge in [0.2, 0.25) is 0 Å². The highest BCUT2D eigenvalue weighted by Crippen LogP contribution is 2.44. The predicted molar refractivity (Wildman–Crippen MR) is 208 cm³/mol. The van der Waals surface area contributed by atoms with Crippen LogP contribution < -0.4 is 0 Å². The highest BCUT2D eigenvalue weighted by Gasteiger charge is 2.23. The van der Waals surface area contributed by atoms with Crippen molar-refractivity contribution in [2.45, 2.75) is 6.42 Å². The summed E-state index contributed by atoms with van der Waals surface area (Å²) in [5.41, 5.74) is 13.7. The van der Waals surface area contributed by atoms with Gasteiger partial charge < -0.3 is 0 Å². The number of hydrogen-bond donors (Lipinski definition) is 0. The fourth-order valence-corrected chi connectivity index (χ4v) is 7.77. The van der Waals surface area contributed by atoms with Crippen LogP contribution in [0.15, 0.2) is 181 Å². The topological polar surface area (TPSA) is 29.7 Å². The van der Waals surface area contributed by atoms with Gasteiger partial charge in [-0.3, -0.25) is 4.40 Å². The highest BCUT2D eigenvalue weighted by molar-refractivity contribution is 6.22. The molecule has 0 amide bonds. The molecule has 1 aliphatic rings. The summed E-state index contributed by atoms with van der Waals surface area (Å²) in [6, 6.07) is 61.0. The maximum Gasteiger partial charge on any atom is 0.161 e. The lowest BCUT2D eigenvalue weighted by atomic mass is 9.85. The van der Waals surface area contributed by atoms with Crippen molar-refractivity contribution in [1.82, 2.24) is 9.38 Å². The number of aromatic nitrogens is 2. The first-order valence-electron chi connectivity index (χ1n) is 17.1. The molecular formula is C47H31N3. The van der Waals surface area contributed by atoms with Crippen molar-refractivity contribution in [2.24, 2.45) is 4.99 Å². The Morgan fingerprint density at radius 1 is 0.440 bits per heavy atom. The first kappa shape index (κ1) is 28.4. The Kier molecular flexibility index (Phi) is 6.56. The van der Waals surface area contributed by atoms with Crippen molar-refractivity contribution in [1.29, 1.82) is 0 Å². The first-order valence-corrected chi connectivity index (χ1v) is 17.1. The summed E-state index contributed by atoms with van der Waals surface area (Å²) >= 11 is 0. The van der Waals surface area contributed by atoms with Gasteiger partial charge >= 0.3 is 0 Å². The van der Waals surface area contributed by atoms with Crippen molar-refractivity contribution in [3.63, 3.8) is 0 Å². The molecule has 0 bridgehead atoms. The summed E-state index contributed by atoms with van der Waals surface area (Å²) in [6.07, 6.45) is 2.80. The van der Waals surface area contributed by atoms with Gasteiger partial charge in [-0.05, 0) is 78.7 Å². The molecule has 0 saturated heterocycles. The van der Waals surface area contributed by atoms with E-state index in [0.717, 1.165) is 40.4 Å². The van der Waals surface area contributed by atoms with Crippen LogP contribution in [0.25, 0.3) is 60.6 Å². The summed E-state index contributed by atoms with van der Waals surface area (Å²) in [7, 11) is 0. The molecule has 50 heavy (non-hydrogen) atoms. The molecule has 0 fully saturated rings. The van der Waals surface area contributed by atoms with Crippen LogP contribution in [-0.4, -0.2) is 15.1 Å². The van der Waals surface area contributed by atoms with Gasteiger partial charge in [0.15, 0.2) is 5.82 Å². The minimum atomic E-state index is 0.739. The summed E-state index contributed by atoms with van der Waals surface area (Å²) in [5.74, 6) is 0.899. The molecule has 3 heteroatoms. The molecular weight excluding hydrogens is 607 g/mol. The Bertz CT molecular complexity index is 2710. The van der Waals surface area contributed by atoms with E-state index in [9.17, 15) is 0 Å². The number of pyridine rings is 1. The number of hydrogen-bond acceptors (Lipinski definition) is 2. The van der Waals surface area contributed by atoms with Crippen LogP contribution >= 0.6 is 0 Å². The van der Waals surface area contributed by atoms with Crippen molar-refractivity contribution >= 4 is 38.7 Å². The third kappa shape index (κ3) is 4.59. The van der Waals surface area contributed by atoms with Crippen LogP contribution in [0, 0.1) is 0 Å². The lowest BCUT2D eigenvalue weighted by molar-refractivity contribution is 1.11. The van der Waals surface area contributed by atoms with E-state index in [1.807, 2.05) is 18.2 Å². The van der Waals surface area contributed by atoms with Crippen molar-refractivity contribution < 1.29 is 0 Å². The molecule has 0 saturated carbocycles. The summed E-state index contributed by atoms with van der Waals surface area (Å²) in [6.45, 7) is 0. The van der Waals surface area contributed by atoms with E-state index in [-0.39, 0.29) is 0 Å². The average Bonchev–Trinajstić information content (AvgIpc) is 3.43. The average molecular weight is 638 g/mol. The molecule has 3 heterocycles. The smallest absolute Gasteiger partial charge is 0.161 e. The number of rotatable bonds is 4. The van der Waals surface area contributed by atoms with E-state index >= 15 is 0 Å². The molecule has 0 atom stereocenters. The van der Waals surface area contributed by atoms with Gasteiger partial charge in [0.25, 0.3) is 0 Å². The Labute approximate surface area is 290 Å². The maximum absolute atomic E-state index is 5.40. The second-order valence-electron chi connectivity index (χ2n) is 13.0. The lowest BCUT2D eigenvalue weighted by Crippen LogP contribution is -2.06. The van der Waals surface area contributed by atoms with E-state index in [0.29, 0.717) is 0 Å². The molecule has 0 radical (unpaired) electrons. The summed E-state index contributed by atoms with van der Waals surface area (Å²) in [5, 5.41) is 4.95. The molecule has 10 rings (SSSR count). The standard InChI is InChI=1S/C47H31N3/c1-2-13-31(14-3-1)32-24-26-33(27-25-32)44-38-19-6-8-21-40(38)45(41-22-9-7-20-39(41)44)35-16-12-17-36(29-35)46-37-18-5-4-15-34(37)30-42-47(49-46)50-28-11-10-23-43(50)48-42/h1-29H,30H2. The van der Waals surface area contributed by atoms with Crippen LogP contribution in [0.3, 0.4) is 0 Å². The van der Waals surface area contributed by atoms with Crippen LogP contribution in [0.5, 0.6) is 0 Å². The first-order chi connectivity index (χ1) is 24.8. The van der Waals surface area contributed by atoms with Crippen LogP contribution in [0.1, 0.15) is 22.4 Å². The minimum absolute atomic E-state index is 0.739. The summed E-state index contributed by atoms with van der Waals surface area (Å²) in [4.78, 5) is 10.4. The monoisotopic (exact) mass is 637 g/mol. The van der Waals surface area contributed by atoms with E-state index in [1.54, 1.807) is 0 Å². The third-order valence-electron chi connectivity index (χ3n) is 10.1. The van der Waals surface area contributed by atoms with Gasteiger partial charge in [-0.1, -0.05) is 152 Å². The van der Waals surface area contributed by atoms with Crippen molar-refractivity contribution in [3.8, 4) is 33.4 Å². The van der Waals surface area contributed by atoms with Gasteiger partial charge in [0, 0.05) is 23.7 Å². The fourth-order valence-electron chi connectivity index (χ4n) is 7.77. The number of nitrogens with zero attached hydrogens (tertiary/aromatic N) is 3. The van der Waals surface area contributed by atoms with Gasteiger partial charge in [0.1, 0.15) is 5.65 Å². The van der Waals surface area contributed by atoms with Crippen LogP contribution in [-0.2, 0) is 6.42 Å². The molecule has 1 aliphatic heterocycles. The van der Waals surface area contributed by atoms with Crippen LogP contribution in [0.4, 0.5) is 5.82 Å². The molecule has 0 aliphatic carbocycles. The van der Waals surface area contributed by atoms with Crippen molar-refractivity contribution in [3.05, 3.63) is 198 Å². The maximum atomic E-state index is 5.40. The van der Waals surface area contributed by atoms with E-state index in [2.05, 4.69) is 162 Å². The predicted octanol–water partition coefficient (Wildman–Crippen LogP) is 11.7. The zero-order chi connectivity index (χ0) is 33.0. The Morgan fingerprint density at radius 3 is 1.74 bits per heavy atom. The van der Waals surface area contributed by atoms with E-state index in [1.165, 1.54) is 60.5 Å². The fraction of sp³-hybridized carbons (Fsp3) is 0.0213. The highest BCUT2D eigenvalue weighted by atomic mass is 15.1. The molecule has 9 aromatic rings. The van der Waals surface area contributed by atoms with E-state index < -0.39 is 0 Å². The van der Waals surface area contributed by atoms with Gasteiger partial charge in [-0.25, -0.2) is 9.98 Å². The molecule has 0 N–H and O–H groups in total. The normalized spacial score (nSPS) is 12.4. The SMILES string of the molecule is c1ccc(-c2ccc(-c3c4ccccc4c(-c4cccc(C5=Nc6c(nc7ccccn67)Cc6ccccc65)c4)c4ccccc34)cc2)cc1. The number of fused-ring (bicyclic) bond motifs is 6. The number of aliphatic imine (C=N–C) groups is 1. The zero-order valence-corrected chi connectivity index (χ0v) is 27.3. The van der Waals surface area contributed by atoms with Crippen LogP contribution in [0.2, 0.25) is 0 Å². The quantitative estimate of drug-likeness (QED) is 0.177. The Hall–Kier alpha value is -6.58. The Balaban J connectivity index is 1.18. The molecule has 0 unspecified atom stereocenters. The largest absolute Gasteiger partial charge is 0.284 e. The van der Waals surface area contributed by atoms with E-state index in [4.69, 9.17) is 9.98 Å². The van der Waals surface area contributed by atoms with Gasteiger partial charge in [-0.15, -0.1) is 0 Å². The lowest BCUT2D eigenvalue weighted by Gasteiger charge is -2.18. The molecule has 234 valence electrons. The molecule has 7 aromatic carbocycles. The second kappa shape index (κ2) is 11.5. The zero-order valence-electron chi connectivity index (χ0n) is 27.3. The molecule has 3 nitrogen and oxygen atoms in total. The summed E-state index contributed by atoms with van der Waals surface area (Å²) < 4.78 is 2.11. The van der Waals surface area contributed by atoms with Gasteiger partial charge in [0.05, 0.1) is 11.4 Å². The Morgan fingerprint density at radius 2 is 1.00 bits per heavy atom. The van der Waals surface area contributed by atoms with Gasteiger partial charge in [-0.2, -0.15) is 0 Å².